The Kier molecular flexibility index (Phi) is 3.82. The molecule has 0 aromatic carbocycles. The summed E-state index contributed by atoms with van der Waals surface area (Å²) in [7, 11) is 2.09. The van der Waals surface area contributed by atoms with Crippen LogP contribution in [0.25, 0.3) is 0 Å². The minimum absolute atomic E-state index is 0.182. The summed E-state index contributed by atoms with van der Waals surface area (Å²) in [6.07, 6.45) is 5.04. The van der Waals surface area contributed by atoms with Crippen LogP contribution in [0.1, 0.15) is 23.2 Å². The first-order valence-corrected chi connectivity index (χ1v) is 5.70. The highest BCUT2D eigenvalue weighted by molar-refractivity contribution is 5.95. The van der Waals surface area contributed by atoms with E-state index in [2.05, 4.69) is 27.5 Å². The number of hydrogen-bond acceptors (Lipinski definition) is 4. The van der Waals surface area contributed by atoms with E-state index in [9.17, 15) is 4.79 Å². The molecule has 2 heterocycles. The second-order valence-electron chi connectivity index (χ2n) is 4.16. The van der Waals surface area contributed by atoms with Crippen molar-refractivity contribution in [3.8, 4) is 0 Å². The van der Waals surface area contributed by atoms with E-state index in [1.807, 2.05) is 0 Å². The van der Waals surface area contributed by atoms with Crippen molar-refractivity contribution in [3.05, 3.63) is 30.1 Å². The molecule has 0 bridgehead atoms. The fraction of sp³-hybridized carbons (Fsp3) is 0.417. The van der Waals surface area contributed by atoms with Gasteiger partial charge in [0.15, 0.2) is 0 Å². The standard InChI is InChI=1S/C12H16N4O/c1-16-8-4-11(5-9-16)14-15-12(17)10-2-6-13-7-3-10/h2-3,6-7H,4-5,8-9H2,1H3,(H,15,17). The Bertz CT molecular complexity index is 406. The van der Waals surface area contributed by atoms with E-state index < -0.39 is 0 Å². The Balaban J connectivity index is 1.90. The zero-order valence-corrected chi connectivity index (χ0v) is 9.89. The average molecular weight is 232 g/mol. The summed E-state index contributed by atoms with van der Waals surface area (Å²) in [5.41, 5.74) is 4.23. The third-order valence-electron chi connectivity index (χ3n) is 2.82. The molecule has 0 aliphatic carbocycles. The molecule has 0 atom stereocenters. The van der Waals surface area contributed by atoms with Gasteiger partial charge in [0, 0.05) is 49.6 Å². The molecule has 90 valence electrons. The van der Waals surface area contributed by atoms with Crippen LogP contribution in [0.5, 0.6) is 0 Å². The number of pyridine rings is 1. The number of amides is 1. The van der Waals surface area contributed by atoms with Crippen molar-refractivity contribution in [3.63, 3.8) is 0 Å². The third-order valence-corrected chi connectivity index (χ3v) is 2.82. The Morgan fingerprint density at radius 2 is 2.00 bits per heavy atom. The van der Waals surface area contributed by atoms with Gasteiger partial charge in [0.25, 0.3) is 5.91 Å². The molecule has 2 rings (SSSR count). The van der Waals surface area contributed by atoms with Crippen molar-refractivity contribution >= 4 is 11.6 Å². The van der Waals surface area contributed by atoms with Gasteiger partial charge < -0.3 is 4.90 Å². The van der Waals surface area contributed by atoms with Gasteiger partial charge in [-0.15, -0.1) is 0 Å². The first-order valence-electron chi connectivity index (χ1n) is 5.70. The number of nitrogens with one attached hydrogen (secondary N) is 1. The summed E-state index contributed by atoms with van der Waals surface area (Å²) >= 11 is 0. The second kappa shape index (κ2) is 5.54. The van der Waals surface area contributed by atoms with E-state index in [-0.39, 0.29) is 5.91 Å². The molecule has 1 N–H and O–H groups in total. The first-order chi connectivity index (χ1) is 8.25. The lowest BCUT2D eigenvalue weighted by molar-refractivity contribution is 0.0954. The van der Waals surface area contributed by atoms with Gasteiger partial charge in [0.1, 0.15) is 0 Å². The van der Waals surface area contributed by atoms with Gasteiger partial charge in [0.05, 0.1) is 0 Å². The Morgan fingerprint density at radius 3 is 2.65 bits per heavy atom. The topological polar surface area (TPSA) is 57.6 Å². The number of carbonyl (C=O) groups is 1. The quantitative estimate of drug-likeness (QED) is 0.770. The van der Waals surface area contributed by atoms with Crippen LogP contribution >= 0.6 is 0 Å². The Labute approximate surface area is 101 Å². The third kappa shape index (κ3) is 3.35. The van der Waals surface area contributed by atoms with Gasteiger partial charge in [-0.1, -0.05) is 0 Å². The van der Waals surface area contributed by atoms with E-state index in [1.54, 1.807) is 24.5 Å². The fourth-order valence-electron chi connectivity index (χ4n) is 1.69. The van der Waals surface area contributed by atoms with Gasteiger partial charge >= 0.3 is 0 Å². The minimum atomic E-state index is -0.182. The number of aromatic nitrogens is 1. The van der Waals surface area contributed by atoms with E-state index in [4.69, 9.17) is 0 Å². The number of nitrogens with zero attached hydrogens (tertiary/aromatic N) is 3. The molecule has 1 saturated heterocycles. The molecule has 1 amide bonds. The fourth-order valence-corrected chi connectivity index (χ4v) is 1.69. The minimum Gasteiger partial charge on any atom is -0.306 e. The lowest BCUT2D eigenvalue weighted by atomic mass is 10.1. The maximum absolute atomic E-state index is 11.7. The summed E-state index contributed by atoms with van der Waals surface area (Å²) in [4.78, 5) is 17.8. The molecule has 0 unspecified atom stereocenters. The molecule has 1 aromatic heterocycles. The van der Waals surface area contributed by atoms with Crippen molar-refractivity contribution in [1.82, 2.24) is 15.3 Å². The highest BCUT2D eigenvalue weighted by Gasteiger charge is 2.11. The molecule has 5 heteroatoms. The van der Waals surface area contributed by atoms with Crippen LogP contribution in [0.15, 0.2) is 29.6 Å². The van der Waals surface area contributed by atoms with Gasteiger partial charge in [0.2, 0.25) is 0 Å². The summed E-state index contributed by atoms with van der Waals surface area (Å²) in [6.45, 7) is 2.01. The molecule has 17 heavy (non-hydrogen) atoms. The largest absolute Gasteiger partial charge is 0.306 e. The number of rotatable bonds is 2. The first kappa shape index (κ1) is 11.7. The SMILES string of the molecule is CN1CCC(=NNC(=O)c2ccncc2)CC1. The highest BCUT2D eigenvalue weighted by Crippen LogP contribution is 2.04. The summed E-state index contributed by atoms with van der Waals surface area (Å²) in [5.74, 6) is -0.182. The zero-order chi connectivity index (χ0) is 12.1. The predicted octanol–water partition coefficient (Wildman–Crippen LogP) is 0.893. The van der Waals surface area contributed by atoms with Crippen molar-refractivity contribution in [2.45, 2.75) is 12.8 Å². The van der Waals surface area contributed by atoms with Crippen LogP contribution in [-0.4, -0.2) is 41.6 Å². The molecule has 0 saturated carbocycles. The van der Waals surface area contributed by atoms with E-state index in [0.717, 1.165) is 31.6 Å². The summed E-state index contributed by atoms with van der Waals surface area (Å²) < 4.78 is 0. The second-order valence-corrected chi connectivity index (χ2v) is 4.16. The Morgan fingerprint density at radius 1 is 1.35 bits per heavy atom. The number of carbonyl (C=O) groups excluding carboxylic acids is 1. The Hall–Kier alpha value is -1.75. The molecular formula is C12H16N4O. The van der Waals surface area contributed by atoms with Crippen molar-refractivity contribution in [2.24, 2.45) is 5.10 Å². The van der Waals surface area contributed by atoms with Crippen LogP contribution in [-0.2, 0) is 0 Å². The molecule has 1 aliphatic heterocycles. The molecule has 1 aromatic rings. The lowest BCUT2D eigenvalue weighted by Gasteiger charge is -2.22. The van der Waals surface area contributed by atoms with Crippen molar-refractivity contribution in [1.29, 1.82) is 0 Å². The highest BCUT2D eigenvalue weighted by atomic mass is 16.2. The van der Waals surface area contributed by atoms with Gasteiger partial charge in [-0.05, 0) is 19.2 Å². The van der Waals surface area contributed by atoms with Gasteiger partial charge in [-0.25, -0.2) is 5.43 Å². The van der Waals surface area contributed by atoms with Crippen LogP contribution in [0, 0.1) is 0 Å². The summed E-state index contributed by atoms with van der Waals surface area (Å²) in [5, 5.41) is 4.16. The number of likely N-dealkylation sites (tertiary alicyclic amines) is 1. The maximum atomic E-state index is 11.7. The number of hydrazone groups is 1. The van der Waals surface area contributed by atoms with Gasteiger partial charge in [-0.2, -0.15) is 5.10 Å². The molecule has 1 fully saturated rings. The number of hydrogen-bond donors (Lipinski definition) is 1. The van der Waals surface area contributed by atoms with Crippen molar-refractivity contribution < 1.29 is 4.79 Å². The lowest BCUT2D eigenvalue weighted by Crippen LogP contribution is -2.32. The zero-order valence-electron chi connectivity index (χ0n) is 9.89. The normalized spacial score (nSPS) is 16.6. The summed E-state index contributed by atoms with van der Waals surface area (Å²) in [6, 6.07) is 3.34. The van der Waals surface area contributed by atoms with Gasteiger partial charge in [-0.3, -0.25) is 9.78 Å². The van der Waals surface area contributed by atoms with Crippen molar-refractivity contribution in [2.75, 3.05) is 20.1 Å². The van der Waals surface area contributed by atoms with Crippen LogP contribution < -0.4 is 5.43 Å². The molecule has 5 nitrogen and oxygen atoms in total. The average Bonchev–Trinajstić information content (AvgIpc) is 2.39. The van der Waals surface area contributed by atoms with Crippen LogP contribution in [0.2, 0.25) is 0 Å². The number of piperidine rings is 1. The predicted molar refractivity (Wildman–Crippen MR) is 65.9 cm³/mol. The van der Waals surface area contributed by atoms with E-state index in [0.29, 0.717) is 5.56 Å². The van der Waals surface area contributed by atoms with Crippen LogP contribution in [0.4, 0.5) is 0 Å². The maximum Gasteiger partial charge on any atom is 0.271 e. The smallest absolute Gasteiger partial charge is 0.271 e. The molecule has 1 aliphatic rings. The monoisotopic (exact) mass is 232 g/mol. The van der Waals surface area contributed by atoms with E-state index >= 15 is 0 Å². The molecular weight excluding hydrogens is 216 g/mol. The van der Waals surface area contributed by atoms with Crippen LogP contribution in [0.3, 0.4) is 0 Å². The molecule has 0 radical (unpaired) electrons. The molecule has 0 spiro atoms. The van der Waals surface area contributed by atoms with E-state index in [1.165, 1.54) is 0 Å².